The van der Waals surface area contributed by atoms with Crippen LogP contribution in [-0.4, -0.2) is 127 Å². The number of carbonyl (C=O) groups is 2. The van der Waals surface area contributed by atoms with Crippen LogP contribution in [0.2, 0.25) is 10.0 Å². The molecular formula is C42H41Cl2F2IN12O5. The van der Waals surface area contributed by atoms with Crippen LogP contribution < -0.4 is 19.3 Å². The Morgan fingerprint density at radius 2 is 1.25 bits per heavy atom. The molecule has 2 amide bonds. The number of anilines is 2. The third-order valence-electron chi connectivity index (χ3n) is 11.1. The van der Waals surface area contributed by atoms with E-state index < -0.39 is 11.6 Å². The lowest BCUT2D eigenvalue weighted by atomic mass is 10.1. The summed E-state index contributed by atoms with van der Waals surface area (Å²) in [6.45, 7) is 6.84. The van der Waals surface area contributed by atoms with Gasteiger partial charge in [-0.25, -0.2) is 28.1 Å². The van der Waals surface area contributed by atoms with E-state index in [1.807, 2.05) is 46.7 Å². The van der Waals surface area contributed by atoms with E-state index in [0.29, 0.717) is 85.0 Å². The van der Waals surface area contributed by atoms with Crippen LogP contribution in [0.1, 0.15) is 13.8 Å². The number of fused-ring (bicyclic) bond motifs is 2. The maximum Gasteiger partial charge on any atom is 0.244 e. The van der Waals surface area contributed by atoms with E-state index in [1.54, 1.807) is 44.9 Å². The number of pyridine rings is 2. The molecule has 5 aromatic heterocycles. The number of aromatic nitrogens is 8. The molecule has 2 saturated heterocycles. The molecule has 2 aliphatic heterocycles. The Morgan fingerprint density at radius 1 is 0.750 bits per heavy atom. The number of halogens is 5. The van der Waals surface area contributed by atoms with Crippen molar-refractivity contribution in [2.24, 2.45) is 0 Å². The van der Waals surface area contributed by atoms with Crippen LogP contribution in [0.25, 0.3) is 33.6 Å². The molecule has 2 aliphatic rings. The Hall–Kier alpha value is -5.87. The van der Waals surface area contributed by atoms with Gasteiger partial charge in [0.2, 0.25) is 24.0 Å². The summed E-state index contributed by atoms with van der Waals surface area (Å²) in [4.78, 5) is 46.4. The molecular weight excluding hydrogens is 988 g/mol. The number of methoxy groups -OCH3 is 2. The molecule has 2 fully saturated rings. The lowest BCUT2D eigenvalue weighted by Gasteiger charge is -2.41. The minimum absolute atomic E-state index is 0.00116. The van der Waals surface area contributed by atoms with Gasteiger partial charge in [-0.3, -0.25) is 9.59 Å². The maximum atomic E-state index is 14.6. The Kier molecular flexibility index (Phi) is 13.3. The van der Waals surface area contributed by atoms with E-state index >= 15 is 0 Å². The molecule has 2 atom stereocenters. The molecule has 0 bridgehead atoms. The van der Waals surface area contributed by atoms with Gasteiger partial charge in [0.15, 0.2) is 11.3 Å². The van der Waals surface area contributed by atoms with Crippen LogP contribution in [0.5, 0.6) is 11.5 Å². The molecule has 64 heavy (non-hydrogen) atoms. The first kappa shape index (κ1) is 44.7. The van der Waals surface area contributed by atoms with E-state index in [-0.39, 0.29) is 47.0 Å². The summed E-state index contributed by atoms with van der Waals surface area (Å²) in [6.07, 6.45) is 4.56. The zero-order valence-corrected chi connectivity index (χ0v) is 38.6. The molecule has 0 unspecified atom stereocenters. The number of rotatable bonds is 9. The monoisotopic (exact) mass is 1030 g/mol. The van der Waals surface area contributed by atoms with Gasteiger partial charge in [-0.2, -0.15) is 15.2 Å². The summed E-state index contributed by atoms with van der Waals surface area (Å²) < 4.78 is 48.4. The first-order chi connectivity index (χ1) is 30.8. The average Bonchev–Trinajstić information content (AvgIpc) is 4.02. The van der Waals surface area contributed by atoms with Crippen molar-refractivity contribution >= 4 is 91.0 Å². The van der Waals surface area contributed by atoms with Crippen molar-refractivity contribution < 1.29 is 32.4 Å². The number of hydrogen-bond donors (Lipinski definition) is 0. The summed E-state index contributed by atoms with van der Waals surface area (Å²) in [5, 5.41) is 14.9. The van der Waals surface area contributed by atoms with Crippen molar-refractivity contribution in [3.63, 3.8) is 0 Å². The third-order valence-corrected chi connectivity index (χ3v) is 12.5. The summed E-state index contributed by atoms with van der Waals surface area (Å²) >= 11 is 14.2. The molecule has 7 heterocycles. The lowest BCUT2D eigenvalue weighted by Crippen LogP contribution is -2.55. The highest BCUT2D eigenvalue weighted by Crippen LogP contribution is 2.35. The summed E-state index contributed by atoms with van der Waals surface area (Å²) in [5.74, 6) is 0.161. The molecule has 334 valence electrons. The quantitative estimate of drug-likeness (QED) is 0.142. The molecule has 22 heteroatoms. The molecule has 9 rings (SSSR count). The number of amides is 2. The molecule has 17 nitrogen and oxygen atoms in total. The normalized spacial score (nSPS) is 16.6. The standard InChI is InChI=1S/C22H21ClFN7O3.C20H20ClFIN5O2/c1-13-10-29(17-9-18(33-2)15(23)8-16(17)24)6-7-30(13)19(32)11-31-22-14(4-3-5-25-22)20(27-31)21-26-12-34-28-21;1-12-10-26(16-9-17(30-2)14(21)8-15(16)22)6-7-27(12)18(29)11-28-20-13(19(23)25-28)4-3-5-24-20/h3-5,8-9,12-13H,6-7,10-11H2,1-2H3;3-5,8-9,12H,6-7,10-11H2,1-2H3/t13-;12-/m00/s1. The van der Waals surface area contributed by atoms with Gasteiger partial charge in [-0.05, 0) is 72.8 Å². The van der Waals surface area contributed by atoms with Crippen LogP contribution in [0.4, 0.5) is 20.2 Å². The molecule has 0 N–H and O–H groups in total. The number of hydrogen-bond acceptors (Lipinski definition) is 13. The first-order valence-electron chi connectivity index (χ1n) is 20.0. The SMILES string of the molecule is COc1cc(N2CCN(C(=O)Cn3nc(-c4ncon4)c4cccnc43)[C@@H](C)C2)c(F)cc1Cl.COc1cc(N2CCN(C(=O)Cn3nc(I)c4cccnc43)[C@@H](C)C2)c(F)cc1Cl. The number of carbonyl (C=O) groups excluding carboxylic acids is 2. The zero-order valence-electron chi connectivity index (χ0n) is 35.0. The molecule has 0 spiro atoms. The summed E-state index contributed by atoms with van der Waals surface area (Å²) in [5.41, 5.74) is 2.56. The zero-order chi connectivity index (χ0) is 45.2. The molecule has 0 aliphatic carbocycles. The number of ether oxygens (including phenoxy) is 2. The van der Waals surface area contributed by atoms with E-state index in [4.69, 9.17) is 37.2 Å². The minimum Gasteiger partial charge on any atom is -0.495 e. The fourth-order valence-electron chi connectivity index (χ4n) is 8.01. The summed E-state index contributed by atoms with van der Waals surface area (Å²) in [6, 6.07) is 12.9. The van der Waals surface area contributed by atoms with Crippen LogP contribution >= 0.6 is 45.8 Å². The van der Waals surface area contributed by atoms with E-state index in [2.05, 4.69) is 52.9 Å². The van der Waals surface area contributed by atoms with Gasteiger partial charge < -0.3 is 33.6 Å². The van der Waals surface area contributed by atoms with Crippen LogP contribution in [0.3, 0.4) is 0 Å². The van der Waals surface area contributed by atoms with Crippen molar-refractivity contribution in [3.05, 3.63) is 92.7 Å². The fraction of sp³-hybridized carbons (Fsp3) is 0.333. The molecule has 0 radical (unpaired) electrons. The van der Waals surface area contributed by atoms with Gasteiger partial charge in [0.05, 0.1) is 46.4 Å². The van der Waals surface area contributed by atoms with Gasteiger partial charge in [0.1, 0.15) is 45.6 Å². The minimum atomic E-state index is -0.430. The number of benzene rings is 2. The number of piperazine rings is 2. The topological polar surface area (TPSA) is 166 Å². The Labute approximate surface area is 388 Å². The van der Waals surface area contributed by atoms with Crippen molar-refractivity contribution in [1.29, 1.82) is 0 Å². The van der Waals surface area contributed by atoms with Gasteiger partial charge in [0, 0.05) is 75.9 Å². The van der Waals surface area contributed by atoms with Gasteiger partial charge >= 0.3 is 0 Å². The Bertz CT molecular complexity index is 2830. The van der Waals surface area contributed by atoms with E-state index in [1.165, 1.54) is 32.7 Å². The van der Waals surface area contributed by atoms with Crippen LogP contribution in [0, 0.1) is 15.3 Å². The summed E-state index contributed by atoms with van der Waals surface area (Å²) in [7, 11) is 2.98. The third kappa shape index (κ3) is 9.07. The predicted octanol–water partition coefficient (Wildman–Crippen LogP) is 6.59. The van der Waals surface area contributed by atoms with Gasteiger partial charge in [0.25, 0.3) is 0 Å². The second-order valence-corrected chi connectivity index (χ2v) is 16.9. The maximum absolute atomic E-state index is 14.6. The molecule has 2 aromatic carbocycles. The molecule has 0 saturated carbocycles. The highest BCUT2D eigenvalue weighted by Gasteiger charge is 2.32. The van der Waals surface area contributed by atoms with E-state index in [0.717, 1.165) is 14.5 Å². The fourth-order valence-corrected chi connectivity index (χ4v) is 9.14. The van der Waals surface area contributed by atoms with Gasteiger partial charge in [-0.1, -0.05) is 28.4 Å². The second kappa shape index (κ2) is 19.1. The van der Waals surface area contributed by atoms with Crippen molar-refractivity contribution in [1.82, 2.24) is 49.5 Å². The largest absolute Gasteiger partial charge is 0.495 e. The second-order valence-electron chi connectivity index (χ2n) is 15.1. The highest BCUT2D eigenvalue weighted by molar-refractivity contribution is 14.1. The van der Waals surface area contributed by atoms with Crippen LogP contribution in [-0.2, 0) is 22.7 Å². The average molecular weight is 1030 g/mol. The highest BCUT2D eigenvalue weighted by atomic mass is 127. The Balaban J connectivity index is 0.000000176. The lowest BCUT2D eigenvalue weighted by molar-refractivity contribution is -0.135. The van der Waals surface area contributed by atoms with Gasteiger partial charge in [-0.15, -0.1) is 0 Å². The molecule has 7 aromatic rings. The van der Waals surface area contributed by atoms with Crippen LogP contribution in [0.15, 0.2) is 71.8 Å². The van der Waals surface area contributed by atoms with Crippen molar-refractivity contribution in [2.75, 3.05) is 63.3 Å². The first-order valence-corrected chi connectivity index (χ1v) is 21.9. The van der Waals surface area contributed by atoms with Crippen molar-refractivity contribution in [2.45, 2.75) is 39.0 Å². The Morgan fingerprint density at radius 3 is 1.73 bits per heavy atom. The van der Waals surface area contributed by atoms with E-state index in [9.17, 15) is 18.4 Å². The number of nitrogens with zero attached hydrogens (tertiary/aromatic N) is 12. The predicted molar refractivity (Wildman–Crippen MR) is 244 cm³/mol. The smallest absolute Gasteiger partial charge is 0.244 e. The van der Waals surface area contributed by atoms with Crippen molar-refractivity contribution in [3.8, 4) is 23.0 Å².